The Labute approximate surface area is 160 Å². The highest BCUT2D eigenvalue weighted by Gasteiger charge is 2.15. The maximum absolute atomic E-state index is 5.44. The molecule has 144 valence electrons. The Balaban J connectivity index is 1.58. The fourth-order valence-electron chi connectivity index (χ4n) is 3.00. The Kier molecular flexibility index (Phi) is 6.87. The summed E-state index contributed by atoms with van der Waals surface area (Å²) >= 11 is 0. The van der Waals surface area contributed by atoms with Crippen LogP contribution < -0.4 is 20.3 Å². The highest BCUT2D eigenvalue weighted by molar-refractivity contribution is 5.79. The summed E-state index contributed by atoms with van der Waals surface area (Å²) in [4.78, 5) is 11.2. The summed E-state index contributed by atoms with van der Waals surface area (Å²) in [6.45, 7) is 4.54. The monoisotopic (exact) mass is 369 g/mol. The van der Waals surface area contributed by atoms with Crippen molar-refractivity contribution in [2.45, 2.75) is 13.1 Å². The van der Waals surface area contributed by atoms with Crippen molar-refractivity contribution >= 4 is 11.8 Å². The summed E-state index contributed by atoms with van der Waals surface area (Å²) < 4.78 is 10.7. The van der Waals surface area contributed by atoms with E-state index in [0.717, 1.165) is 55.0 Å². The average molecular weight is 369 g/mol. The van der Waals surface area contributed by atoms with Gasteiger partial charge in [-0.05, 0) is 23.8 Å². The first-order chi connectivity index (χ1) is 13.3. The summed E-state index contributed by atoms with van der Waals surface area (Å²) in [6.07, 6.45) is 1.84. The normalized spacial score (nSPS) is 14.7. The number of aromatic nitrogens is 1. The van der Waals surface area contributed by atoms with E-state index in [4.69, 9.17) is 9.47 Å². The number of nitrogens with zero attached hydrogens (tertiary/aromatic N) is 3. The van der Waals surface area contributed by atoms with Gasteiger partial charge >= 0.3 is 0 Å². The number of methoxy groups -OCH3 is 1. The number of rotatable bonds is 6. The molecule has 7 nitrogen and oxygen atoms in total. The first-order valence-electron chi connectivity index (χ1n) is 9.14. The Morgan fingerprint density at radius 1 is 1.19 bits per heavy atom. The Morgan fingerprint density at radius 3 is 2.78 bits per heavy atom. The fourth-order valence-corrected chi connectivity index (χ4v) is 3.00. The van der Waals surface area contributed by atoms with Gasteiger partial charge in [-0.1, -0.05) is 18.2 Å². The molecule has 3 rings (SSSR count). The molecule has 0 amide bonds. The van der Waals surface area contributed by atoms with Gasteiger partial charge < -0.3 is 25.0 Å². The molecule has 1 aromatic heterocycles. The third kappa shape index (κ3) is 5.34. The van der Waals surface area contributed by atoms with Crippen molar-refractivity contribution in [2.24, 2.45) is 4.99 Å². The molecule has 0 spiro atoms. The van der Waals surface area contributed by atoms with E-state index in [1.54, 1.807) is 14.2 Å². The van der Waals surface area contributed by atoms with Crippen molar-refractivity contribution < 1.29 is 9.47 Å². The molecule has 1 fully saturated rings. The zero-order valence-corrected chi connectivity index (χ0v) is 15.9. The van der Waals surface area contributed by atoms with E-state index in [1.807, 2.05) is 30.5 Å². The van der Waals surface area contributed by atoms with Crippen LogP contribution in [0.15, 0.2) is 47.6 Å². The minimum Gasteiger partial charge on any atom is -0.497 e. The van der Waals surface area contributed by atoms with Gasteiger partial charge in [-0.3, -0.25) is 4.99 Å². The standard InChI is InChI=1S/C20H27N5O2/c1-21-20(23-14-16-5-3-7-18(13-16)26-2)24-15-17-6-4-8-22-19(17)25-9-11-27-12-10-25/h3-8,13H,9-12,14-15H2,1-2H3,(H2,21,23,24). The van der Waals surface area contributed by atoms with Gasteiger partial charge in [0.1, 0.15) is 11.6 Å². The number of pyridine rings is 1. The van der Waals surface area contributed by atoms with Crippen LogP contribution in [0.4, 0.5) is 5.82 Å². The molecular formula is C20H27N5O2. The Morgan fingerprint density at radius 2 is 2.00 bits per heavy atom. The van der Waals surface area contributed by atoms with Gasteiger partial charge in [-0.25, -0.2) is 4.98 Å². The molecule has 1 aliphatic heterocycles. The van der Waals surface area contributed by atoms with E-state index in [9.17, 15) is 0 Å². The highest BCUT2D eigenvalue weighted by atomic mass is 16.5. The summed E-state index contributed by atoms with van der Waals surface area (Å²) in [7, 11) is 3.44. The molecule has 0 unspecified atom stereocenters. The second kappa shape index (κ2) is 9.78. The van der Waals surface area contributed by atoms with E-state index in [1.165, 1.54) is 0 Å². The molecule has 1 saturated heterocycles. The lowest BCUT2D eigenvalue weighted by Crippen LogP contribution is -2.39. The SMILES string of the molecule is CN=C(NCc1cccc(OC)c1)NCc1cccnc1N1CCOCC1. The van der Waals surface area contributed by atoms with E-state index >= 15 is 0 Å². The van der Waals surface area contributed by atoms with Gasteiger partial charge in [0.25, 0.3) is 0 Å². The summed E-state index contributed by atoms with van der Waals surface area (Å²) in [5.74, 6) is 2.61. The molecular weight excluding hydrogens is 342 g/mol. The number of hydrogen-bond donors (Lipinski definition) is 2. The zero-order chi connectivity index (χ0) is 18.9. The van der Waals surface area contributed by atoms with Crippen molar-refractivity contribution in [1.82, 2.24) is 15.6 Å². The van der Waals surface area contributed by atoms with Crippen LogP contribution >= 0.6 is 0 Å². The number of anilines is 1. The van der Waals surface area contributed by atoms with Gasteiger partial charge in [-0.15, -0.1) is 0 Å². The molecule has 0 bridgehead atoms. The lowest BCUT2D eigenvalue weighted by Gasteiger charge is -2.29. The molecule has 2 aromatic rings. The Hall–Kier alpha value is -2.80. The molecule has 2 N–H and O–H groups in total. The van der Waals surface area contributed by atoms with Crippen LogP contribution in [0.2, 0.25) is 0 Å². The molecule has 27 heavy (non-hydrogen) atoms. The number of nitrogens with one attached hydrogen (secondary N) is 2. The van der Waals surface area contributed by atoms with Crippen molar-refractivity contribution in [1.29, 1.82) is 0 Å². The van der Waals surface area contributed by atoms with Crippen LogP contribution in [-0.4, -0.2) is 51.4 Å². The number of ether oxygens (including phenoxy) is 2. The summed E-state index contributed by atoms with van der Waals surface area (Å²) in [5.41, 5.74) is 2.27. The number of benzene rings is 1. The molecule has 0 saturated carbocycles. The van der Waals surface area contributed by atoms with Crippen LogP contribution in [0, 0.1) is 0 Å². The maximum Gasteiger partial charge on any atom is 0.191 e. The minimum absolute atomic E-state index is 0.651. The van der Waals surface area contributed by atoms with Crippen molar-refractivity contribution in [3.05, 3.63) is 53.7 Å². The predicted octanol–water partition coefficient (Wildman–Crippen LogP) is 1.79. The quantitative estimate of drug-likeness (QED) is 0.598. The van der Waals surface area contributed by atoms with Crippen LogP contribution in [0.3, 0.4) is 0 Å². The van der Waals surface area contributed by atoms with Gasteiger partial charge in [0.2, 0.25) is 0 Å². The first-order valence-corrected chi connectivity index (χ1v) is 9.14. The van der Waals surface area contributed by atoms with Gasteiger partial charge in [0.05, 0.1) is 20.3 Å². The van der Waals surface area contributed by atoms with Crippen molar-refractivity contribution in [2.75, 3.05) is 45.4 Å². The maximum atomic E-state index is 5.44. The lowest BCUT2D eigenvalue weighted by molar-refractivity contribution is 0.122. The number of morpholine rings is 1. The van der Waals surface area contributed by atoms with Gasteiger partial charge in [0.15, 0.2) is 5.96 Å². The molecule has 2 heterocycles. The topological polar surface area (TPSA) is 71.0 Å². The molecule has 0 atom stereocenters. The van der Waals surface area contributed by atoms with E-state index in [-0.39, 0.29) is 0 Å². The number of aliphatic imine (C=N–C) groups is 1. The second-order valence-corrected chi connectivity index (χ2v) is 6.22. The predicted molar refractivity (Wildman–Crippen MR) is 107 cm³/mol. The van der Waals surface area contributed by atoms with E-state index < -0.39 is 0 Å². The molecule has 0 aliphatic carbocycles. The van der Waals surface area contributed by atoms with Gasteiger partial charge in [0, 0.05) is 45.0 Å². The number of hydrogen-bond acceptors (Lipinski definition) is 5. The van der Waals surface area contributed by atoms with Crippen LogP contribution in [0.25, 0.3) is 0 Å². The average Bonchev–Trinajstić information content (AvgIpc) is 2.75. The first kappa shape index (κ1) is 19.0. The van der Waals surface area contributed by atoms with Crippen LogP contribution in [0.5, 0.6) is 5.75 Å². The summed E-state index contributed by atoms with van der Waals surface area (Å²) in [5, 5.41) is 6.71. The largest absolute Gasteiger partial charge is 0.497 e. The van der Waals surface area contributed by atoms with Crippen molar-refractivity contribution in [3.63, 3.8) is 0 Å². The molecule has 0 radical (unpaired) electrons. The van der Waals surface area contributed by atoms with Crippen molar-refractivity contribution in [3.8, 4) is 5.75 Å². The second-order valence-electron chi connectivity index (χ2n) is 6.22. The fraction of sp³-hybridized carbons (Fsp3) is 0.400. The molecule has 1 aromatic carbocycles. The lowest BCUT2D eigenvalue weighted by atomic mass is 10.2. The molecule has 1 aliphatic rings. The zero-order valence-electron chi connectivity index (χ0n) is 15.9. The summed E-state index contributed by atoms with van der Waals surface area (Å²) in [6, 6.07) is 12.0. The third-order valence-electron chi connectivity index (χ3n) is 4.44. The Bertz CT molecular complexity index is 760. The van der Waals surface area contributed by atoms with Crippen LogP contribution in [0.1, 0.15) is 11.1 Å². The third-order valence-corrected chi connectivity index (χ3v) is 4.44. The van der Waals surface area contributed by atoms with Crippen LogP contribution in [-0.2, 0) is 17.8 Å². The minimum atomic E-state index is 0.651. The smallest absolute Gasteiger partial charge is 0.191 e. The highest BCUT2D eigenvalue weighted by Crippen LogP contribution is 2.18. The van der Waals surface area contributed by atoms with Gasteiger partial charge in [-0.2, -0.15) is 0 Å². The molecule has 7 heteroatoms. The van der Waals surface area contributed by atoms with E-state index in [2.05, 4.69) is 37.6 Å². The van der Waals surface area contributed by atoms with E-state index in [0.29, 0.717) is 13.1 Å². The number of guanidine groups is 1.